The summed E-state index contributed by atoms with van der Waals surface area (Å²) in [6, 6.07) is 19.8. The molecule has 0 unspecified atom stereocenters. The van der Waals surface area contributed by atoms with Crippen molar-refractivity contribution in [1.29, 1.82) is 0 Å². The molecule has 1 N–H and O–H groups in total. The number of amides is 1. The molecule has 3 rings (SSSR count). The zero-order valence-corrected chi connectivity index (χ0v) is 15.3. The molecule has 6 nitrogen and oxygen atoms in total. The van der Waals surface area contributed by atoms with E-state index in [-0.39, 0.29) is 11.7 Å². The molecule has 1 amide bonds. The van der Waals surface area contributed by atoms with E-state index in [0.717, 1.165) is 17.0 Å². The van der Waals surface area contributed by atoms with E-state index in [0.29, 0.717) is 18.3 Å². The van der Waals surface area contributed by atoms with Crippen molar-refractivity contribution in [2.45, 2.75) is 25.2 Å². The molecule has 0 atom stereocenters. The smallest absolute Gasteiger partial charge is 0.254 e. The quantitative estimate of drug-likeness (QED) is 0.489. The van der Waals surface area contributed by atoms with Crippen LogP contribution in [0.15, 0.2) is 65.8 Å². The minimum Gasteiger partial charge on any atom is -0.302 e. The number of benzene rings is 2. The third-order valence-corrected chi connectivity index (χ3v) is 4.65. The molecule has 7 heteroatoms. The molecule has 1 heterocycles. The first-order valence-electron chi connectivity index (χ1n) is 8.23. The highest BCUT2D eigenvalue weighted by atomic mass is 32.2. The molecule has 134 valence electrons. The lowest BCUT2D eigenvalue weighted by Gasteiger charge is -2.09. The van der Waals surface area contributed by atoms with Gasteiger partial charge in [-0.1, -0.05) is 72.4 Å². The maximum Gasteiger partial charge on any atom is 0.254 e. The molecule has 1 aromatic heterocycles. The van der Waals surface area contributed by atoms with Gasteiger partial charge in [-0.15, -0.1) is 10.2 Å². The van der Waals surface area contributed by atoms with Crippen LogP contribution in [0.25, 0.3) is 0 Å². The number of nitrogens with one attached hydrogen (secondary N) is 1. The summed E-state index contributed by atoms with van der Waals surface area (Å²) in [4.78, 5) is 17.2. The number of hydrogen-bond acceptors (Lipinski definition) is 5. The molecule has 0 spiro atoms. The summed E-state index contributed by atoms with van der Waals surface area (Å²) in [7, 11) is 0. The number of rotatable bonds is 8. The van der Waals surface area contributed by atoms with Gasteiger partial charge in [0.05, 0.1) is 18.9 Å². The van der Waals surface area contributed by atoms with Crippen molar-refractivity contribution >= 4 is 17.7 Å². The third-order valence-electron chi connectivity index (χ3n) is 3.69. The maximum atomic E-state index is 12.0. The normalized spacial score (nSPS) is 10.7. The molecule has 3 aromatic rings. The van der Waals surface area contributed by atoms with Crippen LogP contribution < -0.4 is 5.48 Å². The molecule has 0 aliphatic rings. The topological polar surface area (TPSA) is 69.0 Å². The fourth-order valence-electron chi connectivity index (χ4n) is 2.35. The zero-order valence-electron chi connectivity index (χ0n) is 14.5. The van der Waals surface area contributed by atoms with Crippen molar-refractivity contribution in [3.8, 4) is 0 Å². The van der Waals surface area contributed by atoms with E-state index < -0.39 is 0 Å². The second-order valence-electron chi connectivity index (χ2n) is 5.69. The second kappa shape index (κ2) is 9.17. The summed E-state index contributed by atoms with van der Waals surface area (Å²) in [5.41, 5.74) is 4.62. The first-order valence-corrected chi connectivity index (χ1v) is 9.22. The molecule has 0 aliphatic carbocycles. The number of carbonyl (C=O) groups excluding carboxylic acids is 1. The number of carbonyl (C=O) groups is 1. The number of thioether (sulfide) groups is 1. The van der Waals surface area contributed by atoms with Crippen LogP contribution in [-0.4, -0.2) is 26.4 Å². The first-order chi connectivity index (χ1) is 12.7. The van der Waals surface area contributed by atoms with Crippen molar-refractivity contribution < 1.29 is 9.63 Å². The van der Waals surface area contributed by atoms with Gasteiger partial charge in [-0.2, -0.15) is 0 Å². The Kier molecular flexibility index (Phi) is 6.40. The van der Waals surface area contributed by atoms with Crippen molar-refractivity contribution in [1.82, 2.24) is 20.2 Å². The lowest BCUT2D eigenvalue weighted by Crippen LogP contribution is -2.25. The van der Waals surface area contributed by atoms with Crippen molar-refractivity contribution in [2.75, 3.05) is 5.75 Å². The van der Waals surface area contributed by atoms with Crippen molar-refractivity contribution in [3.63, 3.8) is 0 Å². The van der Waals surface area contributed by atoms with Gasteiger partial charge in [0.25, 0.3) is 5.91 Å². The lowest BCUT2D eigenvalue weighted by molar-refractivity contribution is -0.131. The maximum absolute atomic E-state index is 12.0. The fourth-order valence-corrected chi connectivity index (χ4v) is 3.12. The van der Waals surface area contributed by atoms with Crippen molar-refractivity contribution in [2.24, 2.45) is 0 Å². The minimum absolute atomic E-state index is 0.210. The Hall–Kier alpha value is -2.64. The Morgan fingerprint density at radius 3 is 2.38 bits per heavy atom. The molecule has 0 fully saturated rings. The summed E-state index contributed by atoms with van der Waals surface area (Å²) in [5.74, 6) is 0.816. The van der Waals surface area contributed by atoms with Gasteiger partial charge in [-0.05, 0) is 18.1 Å². The van der Waals surface area contributed by atoms with Crippen LogP contribution in [0.2, 0.25) is 0 Å². The Balaban J connectivity index is 1.49. The molecule has 0 saturated heterocycles. The van der Waals surface area contributed by atoms with E-state index in [1.54, 1.807) is 0 Å². The largest absolute Gasteiger partial charge is 0.302 e. The zero-order chi connectivity index (χ0) is 18.2. The lowest BCUT2D eigenvalue weighted by atomic mass is 10.2. The van der Waals surface area contributed by atoms with Crippen LogP contribution in [0.3, 0.4) is 0 Å². The Morgan fingerprint density at radius 1 is 1.04 bits per heavy atom. The SMILES string of the molecule is Cc1nnc(SCC(=O)NOCc2ccccc2)n1Cc1ccccc1. The average molecular weight is 368 g/mol. The van der Waals surface area contributed by atoms with E-state index in [2.05, 4.69) is 27.8 Å². The molecular formula is C19H20N4O2S. The monoisotopic (exact) mass is 368 g/mol. The van der Waals surface area contributed by atoms with Gasteiger partial charge in [0.1, 0.15) is 5.82 Å². The minimum atomic E-state index is -0.210. The number of hydroxylamine groups is 1. The number of aryl methyl sites for hydroxylation is 1. The van der Waals surface area contributed by atoms with E-state index in [4.69, 9.17) is 4.84 Å². The molecule has 2 aromatic carbocycles. The van der Waals surface area contributed by atoms with Crippen molar-refractivity contribution in [3.05, 3.63) is 77.6 Å². The molecule has 0 aliphatic heterocycles. The fraction of sp³-hybridized carbons (Fsp3) is 0.211. The Labute approximate surface area is 156 Å². The highest BCUT2D eigenvalue weighted by Crippen LogP contribution is 2.18. The van der Waals surface area contributed by atoms with E-state index in [1.165, 1.54) is 11.8 Å². The summed E-state index contributed by atoms with van der Waals surface area (Å²) < 4.78 is 2.00. The standard InChI is InChI=1S/C19H20N4O2S/c1-15-20-21-19(23(15)12-16-8-4-2-5-9-16)26-14-18(24)22-25-13-17-10-6-3-7-11-17/h2-11H,12-14H2,1H3,(H,22,24). The van der Waals surface area contributed by atoms with E-state index >= 15 is 0 Å². The van der Waals surface area contributed by atoms with Gasteiger partial charge in [0.15, 0.2) is 5.16 Å². The number of hydrogen-bond donors (Lipinski definition) is 1. The Bertz CT molecular complexity index is 837. The molecule has 0 radical (unpaired) electrons. The third kappa shape index (κ3) is 5.18. The van der Waals surface area contributed by atoms with Gasteiger partial charge in [-0.25, -0.2) is 5.48 Å². The molecular weight excluding hydrogens is 348 g/mol. The van der Waals surface area contributed by atoms with E-state index in [9.17, 15) is 4.79 Å². The van der Waals surface area contributed by atoms with Crippen LogP contribution >= 0.6 is 11.8 Å². The second-order valence-corrected chi connectivity index (χ2v) is 6.63. The number of nitrogens with zero attached hydrogens (tertiary/aromatic N) is 3. The summed E-state index contributed by atoms with van der Waals surface area (Å²) in [6.07, 6.45) is 0. The predicted octanol–water partition coefficient (Wildman–Crippen LogP) is 2.97. The van der Waals surface area contributed by atoms with Gasteiger partial charge in [0.2, 0.25) is 0 Å². The molecule has 0 bridgehead atoms. The van der Waals surface area contributed by atoms with Crippen LogP contribution in [0, 0.1) is 6.92 Å². The number of aromatic nitrogens is 3. The highest BCUT2D eigenvalue weighted by Gasteiger charge is 2.12. The van der Waals surface area contributed by atoms with Crippen LogP contribution in [-0.2, 0) is 22.8 Å². The van der Waals surface area contributed by atoms with Gasteiger partial charge < -0.3 is 4.57 Å². The van der Waals surface area contributed by atoms with Gasteiger partial charge >= 0.3 is 0 Å². The van der Waals surface area contributed by atoms with E-state index in [1.807, 2.05) is 60.0 Å². The predicted molar refractivity (Wildman–Crippen MR) is 100 cm³/mol. The van der Waals surface area contributed by atoms with Crippen LogP contribution in [0.1, 0.15) is 17.0 Å². The van der Waals surface area contributed by atoms with Crippen LogP contribution in [0.4, 0.5) is 0 Å². The molecule has 26 heavy (non-hydrogen) atoms. The Morgan fingerprint density at radius 2 is 1.69 bits per heavy atom. The first kappa shape index (κ1) is 18.2. The summed E-state index contributed by atoms with van der Waals surface area (Å²) >= 11 is 1.34. The van der Waals surface area contributed by atoms with Gasteiger partial charge in [-0.3, -0.25) is 9.63 Å². The average Bonchev–Trinajstić information content (AvgIpc) is 3.01. The molecule has 0 saturated carbocycles. The summed E-state index contributed by atoms with van der Waals surface area (Å²) in [5, 5.41) is 9.00. The van der Waals surface area contributed by atoms with Crippen LogP contribution in [0.5, 0.6) is 0 Å². The highest BCUT2D eigenvalue weighted by molar-refractivity contribution is 7.99. The van der Waals surface area contributed by atoms with Gasteiger partial charge in [0, 0.05) is 0 Å². The summed E-state index contributed by atoms with van der Waals surface area (Å²) in [6.45, 7) is 2.91.